The van der Waals surface area contributed by atoms with Crippen molar-refractivity contribution in [1.29, 1.82) is 0 Å². The molecule has 0 bridgehead atoms. The van der Waals surface area contributed by atoms with E-state index in [0.717, 1.165) is 58.2 Å². The molecule has 3 atom stereocenters. The van der Waals surface area contributed by atoms with E-state index in [1.807, 2.05) is 12.1 Å². The van der Waals surface area contributed by atoms with Crippen molar-refractivity contribution in [2.24, 2.45) is 5.92 Å². The van der Waals surface area contributed by atoms with Gasteiger partial charge in [0.15, 0.2) is 12.6 Å². The van der Waals surface area contributed by atoms with Crippen molar-refractivity contribution in [2.45, 2.75) is 20.0 Å². The first-order chi connectivity index (χ1) is 14.0. The highest BCUT2D eigenvalue weighted by Crippen LogP contribution is 2.18. The molecule has 29 heavy (non-hydrogen) atoms. The quantitative estimate of drug-likeness (QED) is 0.514. The van der Waals surface area contributed by atoms with Gasteiger partial charge in [0, 0.05) is 30.4 Å². The van der Waals surface area contributed by atoms with Gasteiger partial charge in [-0.15, -0.1) is 0 Å². The van der Waals surface area contributed by atoms with E-state index in [9.17, 15) is 4.79 Å². The molecule has 0 aromatic heterocycles. The summed E-state index contributed by atoms with van der Waals surface area (Å²) in [5.74, 6) is 0.748. The van der Waals surface area contributed by atoms with E-state index >= 15 is 0 Å². The van der Waals surface area contributed by atoms with E-state index in [1.54, 1.807) is 4.90 Å². The number of hydrogen-bond donors (Lipinski definition) is 3. The second kappa shape index (κ2) is 10.9. The van der Waals surface area contributed by atoms with E-state index < -0.39 is 0 Å². The Labute approximate surface area is 174 Å². The number of hydrogen-bond acceptors (Lipinski definition) is 4. The van der Waals surface area contributed by atoms with Crippen LogP contribution in [0.15, 0.2) is 24.3 Å². The van der Waals surface area contributed by atoms with Gasteiger partial charge in [-0.2, -0.15) is 0 Å². The largest absolute Gasteiger partial charge is 0.378 e. The van der Waals surface area contributed by atoms with Gasteiger partial charge >= 0.3 is 0 Å². The van der Waals surface area contributed by atoms with Crippen molar-refractivity contribution in [3.05, 3.63) is 24.3 Å². The van der Waals surface area contributed by atoms with Crippen molar-refractivity contribution < 1.29 is 24.1 Å². The summed E-state index contributed by atoms with van der Waals surface area (Å²) in [4.78, 5) is 17.6. The lowest BCUT2D eigenvalue weighted by molar-refractivity contribution is -0.926. The molecule has 3 N–H and O–H groups in total. The summed E-state index contributed by atoms with van der Waals surface area (Å²) in [7, 11) is 2.07. The molecule has 0 aliphatic carbocycles. The minimum Gasteiger partial charge on any atom is -0.378 e. The number of amides is 1. The highest BCUT2D eigenvalue weighted by atomic mass is 16.5. The van der Waals surface area contributed by atoms with Crippen molar-refractivity contribution in [3.8, 4) is 0 Å². The van der Waals surface area contributed by atoms with E-state index in [-0.39, 0.29) is 12.0 Å². The molecule has 1 amide bonds. The van der Waals surface area contributed by atoms with E-state index in [2.05, 4.69) is 43.2 Å². The Morgan fingerprint density at radius 3 is 2.66 bits per heavy atom. The SMILES string of the molecule is CC(C)C[NH+]1CCO[C@@H](C[NH+](C)CC(=O)Nc2ccc(N3CCOCC3)cc2)C1. The average molecular weight is 407 g/mol. The Morgan fingerprint density at radius 2 is 1.97 bits per heavy atom. The van der Waals surface area contributed by atoms with Gasteiger partial charge in [-0.25, -0.2) is 0 Å². The number of anilines is 2. The second-order valence-electron chi connectivity index (χ2n) is 8.83. The lowest BCUT2D eigenvalue weighted by Gasteiger charge is -2.31. The summed E-state index contributed by atoms with van der Waals surface area (Å²) >= 11 is 0. The molecule has 2 heterocycles. The molecule has 0 saturated carbocycles. The van der Waals surface area contributed by atoms with Gasteiger partial charge in [0.05, 0.1) is 33.4 Å². The number of nitrogens with one attached hydrogen (secondary N) is 3. The summed E-state index contributed by atoms with van der Waals surface area (Å²) < 4.78 is 11.3. The summed E-state index contributed by atoms with van der Waals surface area (Å²) in [5.41, 5.74) is 2.03. The maximum Gasteiger partial charge on any atom is 0.279 e. The van der Waals surface area contributed by atoms with Crippen LogP contribution in [-0.4, -0.2) is 84.7 Å². The fourth-order valence-electron chi connectivity index (χ4n) is 4.26. The van der Waals surface area contributed by atoms with Crippen molar-refractivity contribution in [1.82, 2.24) is 0 Å². The van der Waals surface area contributed by atoms with Gasteiger partial charge in [-0.1, -0.05) is 13.8 Å². The number of nitrogens with zero attached hydrogens (tertiary/aromatic N) is 1. The zero-order valence-electron chi connectivity index (χ0n) is 18.2. The first kappa shape index (κ1) is 22.0. The van der Waals surface area contributed by atoms with E-state index in [1.165, 1.54) is 17.1 Å². The van der Waals surface area contributed by atoms with Crippen LogP contribution in [0.3, 0.4) is 0 Å². The fourth-order valence-corrected chi connectivity index (χ4v) is 4.26. The fraction of sp³-hybridized carbons (Fsp3) is 0.682. The number of morpholine rings is 2. The van der Waals surface area contributed by atoms with Crippen molar-refractivity contribution >= 4 is 17.3 Å². The minimum absolute atomic E-state index is 0.0452. The summed E-state index contributed by atoms with van der Waals surface area (Å²) in [5, 5.41) is 3.03. The van der Waals surface area contributed by atoms with Crippen LogP contribution >= 0.6 is 0 Å². The predicted molar refractivity (Wildman–Crippen MR) is 115 cm³/mol. The Balaban J connectivity index is 1.41. The Morgan fingerprint density at radius 1 is 1.24 bits per heavy atom. The third kappa shape index (κ3) is 7.26. The van der Waals surface area contributed by atoms with Gasteiger partial charge in [0.2, 0.25) is 0 Å². The Bertz CT molecular complexity index is 631. The van der Waals surface area contributed by atoms with E-state index in [0.29, 0.717) is 12.5 Å². The molecule has 2 aliphatic rings. The molecule has 0 spiro atoms. The lowest BCUT2D eigenvalue weighted by atomic mass is 10.1. The minimum atomic E-state index is 0.0452. The molecule has 2 aliphatic heterocycles. The molecule has 1 aromatic carbocycles. The zero-order chi connectivity index (χ0) is 20.6. The Hall–Kier alpha value is -1.67. The maximum absolute atomic E-state index is 12.5. The molecule has 2 saturated heterocycles. The number of carbonyl (C=O) groups excluding carboxylic acids is 1. The smallest absolute Gasteiger partial charge is 0.279 e. The molecule has 2 fully saturated rings. The number of benzene rings is 1. The van der Waals surface area contributed by atoms with Crippen molar-refractivity contribution in [3.63, 3.8) is 0 Å². The molecule has 2 unspecified atom stereocenters. The van der Waals surface area contributed by atoms with E-state index in [4.69, 9.17) is 9.47 Å². The number of quaternary nitrogens is 2. The molecule has 162 valence electrons. The van der Waals surface area contributed by atoms with Crippen LogP contribution in [0.5, 0.6) is 0 Å². The normalized spacial score (nSPS) is 23.8. The number of carbonyl (C=O) groups is 1. The van der Waals surface area contributed by atoms with Crippen LogP contribution in [-0.2, 0) is 14.3 Å². The van der Waals surface area contributed by atoms with Gasteiger partial charge in [0.25, 0.3) is 5.91 Å². The van der Waals surface area contributed by atoms with Gasteiger partial charge in [-0.05, 0) is 24.3 Å². The Kier molecular flexibility index (Phi) is 8.29. The molecule has 0 radical (unpaired) electrons. The maximum atomic E-state index is 12.5. The van der Waals surface area contributed by atoms with Crippen LogP contribution in [0.25, 0.3) is 0 Å². The lowest BCUT2D eigenvalue weighted by Crippen LogP contribution is -3.18. The van der Waals surface area contributed by atoms with Gasteiger partial charge < -0.3 is 29.5 Å². The summed E-state index contributed by atoms with van der Waals surface area (Å²) in [6.07, 6.45) is 0.234. The molecule has 7 heteroatoms. The number of likely N-dealkylation sites (N-methyl/N-ethyl adjacent to an activating group) is 1. The third-order valence-corrected chi connectivity index (χ3v) is 5.59. The molecule has 7 nitrogen and oxygen atoms in total. The average Bonchev–Trinajstić information content (AvgIpc) is 2.69. The topological polar surface area (TPSA) is 59.7 Å². The van der Waals surface area contributed by atoms with Crippen molar-refractivity contribution in [2.75, 3.05) is 82.9 Å². The first-order valence-electron chi connectivity index (χ1n) is 11.0. The van der Waals surface area contributed by atoms with Crippen LogP contribution in [0.4, 0.5) is 11.4 Å². The summed E-state index contributed by atoms with van der Waals surface area (Å²) in [6, 6.07) is 8.10. The van der Waals surface area contributed by atoms with Crippen LogP contribution in [0.2, 0.25) is 0 Å². The monoisotopic (exact) mass is 406 g/mol. The van der Waals surface area contributed by atoms with Gasteiger partial charge in [0.1, 0.15) is 19.6 Å². The molecular weight excluding hydrogens is 368 g/mol. The number of rotatable bonds is 8. The first-order valence-corrected chi connectivity index (χ1v) is 11.0. The highest BCUT2D eigenvalue weighted by Gasteiger charge is 2.27. The van der Waals surface area contributed by atoms with Crippen LogP contribution in [0, 0.1) is 5.92 Å². The molecule has 3 rings (SSSR count). The van der Waals surface area contributed by atoms with Crippen LogP contribution < -0.4 is 20.0 Å². The third-order valence-electron chi connectivity index (χ3n) is 5.59. The standard InChI is InChI=1S/C22H36N4O3/c1-18(2)14-25-8-13-29-21(16-25)15-24(3)17-22(27)23-19-4-6-20(7-5-19)26-9-11-28-12-10-26/h4-7,18,21H,8-17H2,1-3H3,(H,23,27)/p+2/t21-/m0/s1. The molecular formula is C22H38N4O3+2. The number of ether oxygens (including phenoxy) is 2. The molecule has 1 aromatic rings. The van der Waals surface area contributed by atoms with Gasteiger partial charge in [-0.3, -0.25) is 4.79 Å². The zero-order valence-corrected chi connectivity index (χ0v) is 18.2. The summed E-state index contributed by atoms with van der Waals surface area (Å²) in [6.45, 7) is 13.4. The highest BCUT2D eigenvalue weighted by molar-refractivity contribution is 5.91. The van der Waals surface area contributed by atoms with Crippen LogP contribution in [0.1, 0.15) is 13.8 Å². The predicted octanol–water partition coefficient (Wildman–Crippen LogP) is -1.08. The second-order valence-corrected chi connectivity index (χ2v) is 8.83.